The van der Waals surface area contributed by atoms with Crippen molar-refractivity contribution in [2.24, 2.45) is 0 Å². The van der Waals surface area contributed by atoms with Gasteiger partial charge < -0.3 is 10.2 Å². The summed E-state index contributed by atoms with van der Waals surface area (Å²) in [5.74, 6) is -2.62. The number of carbonyl (C=O) groups is 2. The van der Waals surface area contributed by atoms with Crippen molar-refractivity contribution in [1.82, 2.24) is 15.0 Å². The lowest BCUT2D eigenvalue weighted by Gasteiger charge is -2.02. The van der Waals surface area contributed by atoms with E-state index in [9.17, 15) is 9.59 Å². The fourth-order valence-corrected chi connectivity index (χ4v) is 1.29. The molecule has 90 valence electrons. The lowest BCUT2D eigenvalue weighted by molar-refractivity contribution is 0.0689. The summed E-state index contributed by atoms with van der Waals surface area (Å²) in [6.07, 6.45) is 2.95. The summed E-state index contributed by atoms with van der Waals surface area (Å²) in [4.78, 5) is 33.1. The van der Waals surface area contributed by atoms with Crippen molar-refractivity contribution >= 4 is 11.9 Å². The van der Waals surface area contributed by atoms with E-state index in [-0.39, 0.29) is 17.2 Å². The largest absolute Gasteiger partial charge is 0.477 e. The first-order valence-electron chi connectivity index (χ1n) is 4.84. The molecule has 2 heterocycles. The molecule has 2 N–H and O–H groups in total. The van der Waals surface area contributed by atoms with E-state index in [0.29, 0.717) is 5.56 Å². The van der Waals surface area contributed by atoms with Gasteiger partial charge in [-0.2, -0.15) is 0 Å². The van der Waals surface area contributed by atoms with Crippen molar-refractivity contribution in [2.75, 3.05) is 0 Å². The molecular formula is C11H7N3O4. The van der Waals surface area contributed by atoms with Crippen LogP contribution in [0.3, 0.4) is 0 Å². The molecule has 0 aliphatic carbocycles. The van der Waals surface area contributed by atoms with E-state index >= 15 is 0 Å². The van der Waals surface area contributed by atoms with Crippen LogP contribution >= 0.6 is 0 Å². The van der Waals surface area contributed by atoms with Crippen molar-refractivity contribution in [3.8, 4) is 11.4 Å². The summed E-state index contributed by atoms with van der Waals surface area (Å²) >= 11 is 0. The normalized spacial score (nSPS) is 10.0. The van der Waals surface area contributed by atoms with E-state index in [4.69, 9.17) is 10.2 Å². The highest BCUT2D eigenvalue weighted by molar-refractivity contribution is 5.91. The summed E-state index contributed by atoms with van der Waals surface area (Å²) in [6, 6.07) is 4.14. The number of carboxylic acid groups (broad SMARTS) is 2. The summed E-state index contributed by atoms with van der Waals surface area (Å²) < 4.78 is 0. The van der Waals surface area contributed by atoms with Crippen LogP contribution in [-0.2, 0) is 0 Å². The second-order valence-corrected chi connectivity index (χ2v) is 3.31. The molecule has 2 aromatic heterocycles. The zero-order valence-corrected chi connectivity index (χ0v) is 8.94. The topological polar surface area (TPSA) is 113 Å². The third kappa shape index (κ3) is 2.29. The standard InChI is InChI=1S/C11H7N3O4/c15-10(16)7-4-8(11(17)18)14-9(13-7)6-2-1-3-12-5-6/h1-5H,(H,15,16)(H,17,18). The van der Waals surface area contributed by atoms with Crippen LogP contribution in [0.4, 0.5) is 0 Å². The molecule has 7 nitrogen and oxygen atoms in total. The molecular weight excluding hydrogens is 238 g/mol. The van der Waals surface area contributed by atoms with Gasteiger partial charge in [0.1, 0.15) is 0 Å². The third-order valence-electron chi connectivity index (χ3n) is 2.08. The Hall–Kier alpha value is -2.83. The molecule has 0 unspecified atom stereocenters. The van der Waals surface area contributed by atoms with Gasteiger partial charge in [-0.25, -0.2) is 19.6 Å². The van der Waals surface area contributed by atoms with Crippen LogP contribution in [0.2, 0.25) is 0 Å². The molecule has 0 saturated heterocycles. The molecule has 7 heteroatoms. The molecule has 18 heavy (non-hydrogen) atoms. The van der Waals surface area contributed by atoms with Gasteiger partial charge in [0.15, 0.2) is 17.2 Å². The number of carboxylic acids is 2. The molecule has 0 spiro atoms. The molecule has 0 atom stereocenters. The minimum absolute atomic E-state index is 0.0143. The number of aromatic nitrogens is 3. The van der Waals surface area contributed by atoms with Crippen molar-refractivity contribution in [2.45, 2.75) is 0 Å². The van der Waals surface area contributed by atoms with Gasteiger partial charge in [0.05, 0.1) is 0 Å². The van der Waals surface area contributed by atoms with Gasteiger partial charge in [-0.05, 0) is 12.1 Å². The van der Waals surface area contributed by atoms with Gasteiger partial charge in [-0.3, -0.25) is 4.98 Å². The highest BCUT2D eigenvalue weighted by Gasteiger charge is 2.15. The Morgan fingerprint density at radius 3 is 2.11 bits per heavy atom. The van der Waals surface area contributed by atoms with Crippen LogP contribution < -0.4 is 0 Å². The van der Waals surface area contributed by atoms with Crippen LogP contribution in [0.1, 0.15) is 21.0 Å². The van der Waals surface area contributed by atoms with Crippen LogP contribution in [0, 0.1) is 0 Å². The molecule has 2 aromatic rings. The SMILES string of the molecule is O=C(O)c1cc(C(=O)O)nc(-c2cccnc2)n1. The van der Waals surface area contributed by atoms with Crippen molar-refractivity contribution in [3.05, 3.63) is 42.0 Å². The molecule has 2 rings (SSSR count). The number of hydrogen-bond acceptors (Lipinski definition) is 5. The number of rotatable bonds is 3. The van der Waals surface area contributed by atoms with E-state index < -0.39 is 11.9 Å². The molecule has 0 aromatic carbocycles. The Bertz CT molecular complexity index is 581. The maximum Gasteiger partial charge on any atom is 0.354 e. The fourth-order valence-electron chi connectivity index (χ4n) is 1.29. The van der Waals surface area contributed by atoms with Gasteiger partial charge in [0.25, 0.3) is 0 Å². The van der Waals surface area contributed by atoms with Gasteiger partial charge in [-0.1, -0.05) is 0 Å². The van der Waals surface area contributed by atoms with Crippen molar-refractivity contribution in [3.63, 3.8) is 0 Å². The Kier molecular flexibility index (Phi) is 2.96. The minimum Gasteiger partial charge on any atom is -0.477 e. The average Bonchev–Trinajstić information content (AvgIpc) is 2.39. The molecule has 0 saturated carbocycles. The first-order valence-corrected chi connectivity index (χ1v) is 4.84. The smallest absolute Gasteiger partial charge is 0.354 e. The van der Waals surface area contributed by atoms with Crippen LogP contribution in [0.25, 0.3) is 11.4 Å². The zero-order chi connectivity index (χ0) is 13.1. The molecule has 0 bridgehead atoms. The monoisotopic (exact) mass is 245 g/mol. The van der Waals surface area contributed by atoms with E-state index in [1.54, 1.807) is 12.1 Å². The van der Waals surface area contributed by atoms with Crippen LogP contribution in [0.15, 0.2) is 30.6 Å². The average molecular weight is 245 g/mol. The molecule has 0 aliphatic rings. The molecule has 0 radical (unpaired) electrons. The lowest BCUT2D eigenvalue weighted by atomic mass is 10.2. The Labute approximate surface area is 101 Å². The number of nitrogens with zero attached hydrogens (tertiary/aromatic N) is 3. The summed E-state index contributed by atoms with van der Waals surface area (Å²) in [7, 11) is 0. The van der Waals surface area contributed by atoms with Crippen molar-refractivity contribution in [1.29, 1.82) is 0 Å². The van der Waals surface area contributed by atoms with Gasteiger partial charge in [0, 0.05) is 24.0 Å². The minimum atomic E-state index is -1.31. The lowest BCUT2D eigenvalue weighted by Crippen LogP contribution is -2.09. The predicted molar refractivity (Wildman–Crippen MR) is 59.2 cm³/mol. The first-order chi connectivity index (χ1) is 8.58. The maximum atomic E-state index is 10.9. The van der Waals surface area contributed by atoms with E-state index in [1.165, 1.54) is 12.4 Å². The second kappa shape index (κ2) is 4.58. The highest BCUT2D eigenvalue weighted by atomic mass is 16.4. The zero-order valence-electron chi connectivity index (χ0n) is 8.94. The molecule has 0 aliphatic heterocycles. The number of hydrogen-bond donors (Lipinski definition) is 2. The van der Waals surface area contributed by atoms with Gasteiger partial charge in [-0.15, -0.1) is 0 Å². The van der Waals surface area contributed by atoms with E-state index in [1.807, 2.05) is 0 Å². The quantitative estimate of drug-likeness (QED) is 0.826. The molecule has 0 amide bonds. The van der Waals surface area contributed by atoms with Gasteiger partial charge in [0.2, 0.25) is 0 Å². The summed E-state index contributed by atoms with van der Waals surface area (Å²) in [6.45, 7) is 0. The predicted octanol–water partition coefficient (Wildman–Crippen LogP) is 0.935. The van der Waals surface area contributed by atoms with E-state index in [0.717, 1.165) is 6.07 Å². The highest BCUT2D eigenvalue weighted by Crippen LogP contribution is 2.14. The van der Waals surface area contributed by atoms with E-state index in [2.05, 4.69) is 15.0 Å². The van der Waals surface area contributed by atoms with Crippen LogP contribution in [0.5, 0.6) is 0 Å². The van der Waals surface area contributed by atoms with Crippen LogP contribution in [-0.4, -0.2) is 37.1 Å². The third-order valence-corrected chi connectivity index (χ3v) is 2.08. The fraction of sp³-hybridized carbons (Fsp3) is 0. The Morgan fingerprint density at radius 1 is 1.06 bits per heavy atom. The number of aromatic carboxylic acids is 2. The maximum absolute atomic E-state index is 10.9. The first kappa shape index (κ1) is 11.6. The Morgan fingerprint density at radius 2 is 1.67 bits per heavy atom. The summed E-state index contributed by atoms with van der Waals surface area (Å²) in [5, 5.41) is 17.7. The number of pyridine rings is 1. The molecule has 0 fully saturated rings. The summed E-state index contributed by atoms with van der Waals surface area (Å²) in [5.41, 5.74) is -0.300. The van der Waals surface area contributed by atoms with Crippen molar-refractivity contribution < 1.29 is 19.8 Å². The van der Waals surface area contributed by atoms with Gasteiger partial charge >= 0.3 is 11.9 Å². The Balaban J connectivity index is 2.61. The second-order valence-electron chi connectivity index (χ2n) is 3.31.